The van der Waals surface area contributed by atoms with E-state index in [4.69, 9.17) is 11.6 Å². The van der Waals surface area contributed by atoms with E-state index in [1.807, 2.05) is 0 Å². The van der Waals surface area contributed by atoms with Gasteiger partial charge in [-0.25, -0.2) is 9.97 Å². The van der Waals surface area contributed by atoms with Crippen molar-refractivity contribution >= 4 is 17.4 Å². The van der Waals surface area contributed by atoms with Crippen molar-refractivity contribution in [3.05, 3.63) is 28.7 Å². The van der Waals surface area contributed by atoms with Crippen LogP contribution in [0, 0.1) is 0 Å². The van der Waals surface area contributed by atoms with Gasteiger partial charge in [-0.15, -0.1) is 0 Å². The second-order valence-electron chi connectivity index (χ2n) is 3.56. The number of nitrogens with one attached hydrogen (secondary N) is 1. The molecule has 0 saturated heterocycles. The molecule has 0 saturated carbocycles. The summed E-state index contributed by atoms with van der Waals surface area (Å²) in [7, 11) is 0. The summed E-state index contributed by atoms with van der Waals surface area (Å²) in [5.41, 5.74) is 1.00. The van der Waals surface area contributed by atoms with Gasteiger partial charge < -0.3 is 5.32 Å². The molecule has 0 radical (unpaired) electrons. The third kappa shape index (κ3) is 2.29. The van der Waals surface area contributed by atoms with Crippen LogP contribution in [0.15, 0.2) is 12.2 Å². The van der Waals surface area contributed by atoms with E-state index in [1.54, 1.807) is 0 Å². The third-order valence-electron chi connectivity index (χ3n) is 2.35. The van der Waals surface area contributed by atoms with Crippen LogP contribution in [0.3, 0.4) is 0 Å². The minimum Gasteiger partial charge on any atom is -0.366 e. The number of hydrogen-bond donors (Lipinski definition) is 1. The molecule has 0 aromatic carbocycles. The Kier molecular flexibility index (Phi) is 3.21. The predicted molar refractivity (Wildman–Crippen MR) is 62.4 cm³/mol. The van der Waals surface area contributed by atoms with Crippen LogP contribution in [0.25, 0.3) is 0 Å². The van der Waals surface area contributed by atoms with E-state index < -0.39 is 0 Å². The van der Waals surface area contributed by atoms with E-state index in [9.17, 15) is 0 Å². The highest BCUT2D eigenvalue weighted by molar-refractivity contribution is 6.30. The summed E-state index contributed by atoms with van der Waals surface area (Å²) in [6.07, 6.45) is 6.90. The predicted octanol–water partition coefficient (Wildman–Crippen LogP) is 2.61. The Balaban J connectivity index is 2.38. The number of halogens is 1. The molecule has 1 N–H and O–H groups in total. The molecule has 80 valence electrons. The van der Waals surface area contributed by atoms with Crippen molar-refractivity contribution in [1.29, 1.82) is 0 Å². The van der Waals surface area contributed by atoms with Gasteiger partial charge in [-0.3, -0.25) is 0 Å². The van der Waals surface area contributed by atoms with Gasteiger partial charge in [0.25, 0.3) is 0 Å². The smallest absolute Gasteiger partial charge is 0.138 e. The Hall–Kier alpha value is -1.09. The monoisotopic (exact) mass is 223 g/mol. The van der Waals surface area contributed by atoms with Crippen molar-refractivity contribution in [2.45, 2.75) is 26.2 Å². The summed E-state index contributed by atoms with van der Waals surface area (Å²) in [6, 6.07) is 0. The minimum atomic E-state index is 0.586. The molecule has 0 atom stereocenters. The summed E-state index contributed by atoms with van der Waals surface area (Å²) in [4.78, 5) is 8.78. The lowest BCUT2D eigenvalue weighted by Crippen LogP contribution is -2.06. The quantitative estimate of drug-likeness (QED) is 0.619. The number of hydrogen-bond acceptors (Lipinski definition) is 3. The summed E-state index contributed by atoms with van der Waals surface area (Å²) in [6.45, 7) is 2.92. The minimum absolute atomic E-state index is 0.586. The van der Waals surface area contributed by atoms with E-state index in [0.717, 1.165) is 43.0 Å². The zero-order valence-corrected chi connectivity index (χ0v) is 9.51. The lowest BCUT2D eigenvalue weighted by atomic mass is 10.2. The van der Waals surface area contributed by atoms with Gasteiger partial charge in [0.2, 0.25) is 0 Å². The Morgan fingerprint density at radius 2 is 2.27 bits per heavy atom. The van der Waals surface area contributed by atoms with Crippen LogP contribution >= 0.6 is 11.6 Å². The second kappa shape index (κ2) is 4.62. The average molecular weight is 224 g/mol. The third-order valence-corrected chi connectivity index (χ3v) is 2.67. The van der Waals surface area contributed by atoms with Crippen molar-refractivity contribution < 1.29 is 0 Å². The van der Waals surface area contributed by atoms with Crippen molar-refractivity contribution in [1.82, 2.24) is 9.97 Å². The Labute approximate surface area is 94.6 Å². The molecular weight excluding hydrogens is 210 g/mol. The van der Waals surface area contributed by atoms with Gasteiger partial charge in [0.05, 0.1) is 0 Å². The highest BCUT2D eigenvalue weighted by atomic mass is 35.5. The number of rotatable bonds is 2. The first-order valence-electron chi connectivity index (χ1n) is 5.25. The fourth-order valence-electron chi connectivity index (χ4n) is 1.60. The Morgan fingerprint density at radius 1 is 1.40 bits per heavy atom. The zero-order valence-electron chi connectivity index (χ0n) is 8.76. The standard InChI is InChI=1S/C11H14ClN3/c1-2-5-9-14-10(12)8-6-3-4-7-13-11(8)15-9/h3-4H,2,5-7H2,1H3,(H,13,14,15). The molecule has 2 heterocycles. The molecule has 0 spiro atoms. The molecule has 1 aromatic heterocycles. The normalized spacial score (nSPS) is 14.3. The molecule has 1 aromatic rings. The van der Waals surface area contributed by atoms with Crippen molar-refractivity contribution in [2.75, 3.05) is 11.9 Å². The largest absolute Gasteiger partial charge is 0.366 e. The molecule has 0 amide bonds. The molecule has 15 heavy (non-hydrogen) atoms. The SMILES string of the molecule is CCCc1nc(Cl)c2c(n1)NCC=CC2. The number of anilines is 1. The lowest BCUT2D eigenvalue weighted by Gasteiger charge is -2.09. The molecule has 1 aliphatic rings. The molecular formula is C11H14ClN3. The molecule has 0 fully saturated rings. The van der Waals surface area contributed by atoms with Crippen LogP contribution in [-0.4, -0.2) is 16.5 Å². The van der Waals surface area contributed by atoms with E-state index in [-0.39, 0.29) is 0 Å². The average Bonchev–Trinajstić information content (AvgIpc) is 2.43. The molecule has 3 nitrogen and oxygen atoms in total. The van der Waals surface area contributed by atoms with Crippen LogP contribution in [0.5, 0.6) is 0 Å². The first-order chi connectivity index (χ1) is 7.31. The molecule has 0 aliphatic carbocycles. The zero-order chi connectivity index (χ0) is 10.7. The fourth-order valence-corrected chi connectivity index (χ4v) is 1.87. The van der Waals surface area contributed by atoms with Gasteiger partial charge in [-0.05, 0) is 12.8 Å². The Bertz CT molecular complexity index is 388. The first-order valence-corrected chi connectivity index (χ1v) is 5.63. The highest BCUT2D eigenvalue weighted by Gasteiger charge is 2.12. The van der Waals surface area contributed by atoms with Gasteiger partial charge in [0.15, 0.2) is 0 Å². The number of aromatic nitrogens is 2. The van der Waals surface area contributed by atoms with Crippen molar-refractivity contribution in [2.24, 2.45) is 0 Å². The number of fused-ring (bicyclic) bond motifs is 1. The summed E-state index contributed by atoms with van der Waals surface area (Å²) >= 11 is 6.13. The van der Waals surface area contributed by atoms with E-state index >= 15 is 0 Å². The van der Waals surface area contributed by atoms with Crippen molar-refractivity contribution in [3.63, 3.8) is 0 Å². The van der Waals surface area contributed by atoms with E-state index in [1.165, 1.54) is 0 Å². The molecule has 2 rings (SSSR count). The van der Waals surface area contributed by atoms with Gasteiger partial charge in [0, 0.05) is 18.5 Å². The van der Waals surface area contributed by atoms with E-state index in [0.29, 0.717) is 5.15 Å². The second-order valence-corrected chi connectivity index (χ2v) is 3.92. The van der Waals surface area contributed by atoms with Crippen LogP contribution in [0.4, 0.5) is 5.82 Å². The highest BCUT2D eigenvalue weighted by Crippen LogP contribution is 2.23. The van der Waals surface area contributed by atoms with Crippen LogP contribution < -0.4 is 5.32 Å². The summed E-state index contributed by atoms with van der Waals surface area (Å²) in [5.74, 6) is 1.72. The molecule has 0 bridgehead atoms. The van der Waals surface area contributed by atoms with Gasteiger partial charge in [0.1, 0.15) is 16.8 Å². The number of allylic oxidation sites excluding steroid dienone is 1. The van der Waals surface area contributed by atoms with Gasteiger partial charge in [-0.1, -0.05) is 30.7 Å². The maximum Gasteiger partial charge on any atom is 0.138 e. The van der Waals surface area contributed by atoms with Crippen LogP contribution in [0.1, 0.15) is 24.7 Å². The number of aryl methyl sites for hydroxylation is 1. The molecule has 1 aliphatic heterocycles. The molecule has 0 unspecified atom stereocenters. The maximum atomic E-state index is 6.13. The van der Waals surface area contributed by atoms with Crippen LogP contribution in [-0.2, 0) is 12.8 Å². The van der Waals surface area contributed by atoms with Gasteiger partial charge in [-0.2, -0.15) is 0 Å². The topological polar surface area (TPSA) is 37.8 Å². The lowest BCUT2D eigenvalue weighted by molar-refractivity contribution is 0.830. The fraction of sp³-hybridized carbons (Fsp3) is 0.455. The summed E-state index contributed by atoms with van der Waals surface area (Å²) < 4.78 is 0. The van der Waals surface area contributed by atoms with Crippen LogP contribution in [0.2, 0.25) is 5.15 Å². The summed E-state index contributed by atoms with van der Waals surface area (Å²) in [5, 5.41) is 3.83. The maximum absolute atomic E-state index is 6.13. The van der Waals surface area contributed by atoms with Gasteiger partial charge >= 0.3 is 0 Å². The Morgan fingerprint density at radius 3 is 3.07 bits per heavy atom. The molecule has 4 heteroatoms. The first kappa shape index (κ1) is 10.4. The van der Waals surface area contributed by atoms with Crippen molar-refractivity contribution in [3.8, 4) is 0 Å². The van der Waals surface area contributed by atoms with E-state index in [2.05, 4.69) is 34.4 Å². The number of nitrogens with zero attached hydrogens (tertiary/aromatic N) is 2.